The molecule has 2 aromatic carbocycles. The number of nitrogens with zero attached hydrogens (tertiary/aromatic N) is 1. The number of hydrogen-bond acceptors (Lipinski definition) is 2. The number of pyridine rings is 1. The molecular formula is C23H32N2. The fraction of sp³-hybridized carbons (Fsp3) is 0.435. The summed E-state index contributed by atoms with van der Waals surface area (Å²) in [4.78, 5) is 4.58. The van der Waals surface area contributed by atoms with Gasteiger partial charge in [-0.05, 0) is 31.5 Å². The van der Waals surface area contributed by atoms with Gasteiger partial charge in [-0.2, -0.15) is 0 Å². The molecule has 0 bridgehead atoms. The highest BCUT2D eigenvalue weighted by molar-refractivity contribution is 5.92. The van der Waals surface area contributed by atoms with Gasteiger partial charge >= 0.3 is 0 Å². The Kier molecular flexibility index (Phi) is 8.41. The van der Waals surface area contributed by atoms with Gasteiger partial charge in [0, 0.05) is 16.8 Å². The highest BCUT2D eigenvalue weighted by Gasteiger charge is 1.96. The third-order valence-corrected chi connectivity index (χ3v) is 4.44. The predicted octanol–water partition coefficient (Wildman–Crippen LogP) is 6.47. The van der Waals surface area contributed by atoms with Crippen LogP contribution in [0.1, 0.15) is 58.8 Å². The molecule has 0 spiro atoms. The maximum absolute atomic E-state index is 5.63. The molecule has 2 nitrogen and oxygen atoms in total. The summed E-state index contributed by atoms with van der Waals surface area (Å²) >= 11 is 0. The predicted molar refractivity (Wildman–Crippen MR) is 111 cm³/mol. The van der Waals surface area contributed by atoms with Gasteiger partial charge in [-0.3, -0.25) is 0 Å². The monoisotopic (exact) mass is 336 g/mol. The van der Waals surface area contributed by atoms with E-state index >= 15 is 0 Å². The minimum Gasteiger partial charge on any atom is -0.328 e. The average Bonchev–Trinajstić information content (AvgIpc) is 2.63. The van der Waals surface area contributed by atoms with Crippen LogP contribution in [-0.4, -0.2) is 11.0 Å². The summed E-state index contributed by atoms with van der Waals surface area (Å²) < 4.78 is 0. The Bertz CT molecular complexity index is 644. The molecule has 134 valence electrons. The molecule has 0 aliphatic heterocycles. The Labute approximate surface area is 152 Å². The number of para-hydroxylation sites is 2. The van der Waals surface area contributed by atoms with Gasteiger partial charge in [-0.15, -0.1) is 0 Å². The largest absolute Gasteiger partial charge is 0.328 e. The van der Waals surface area contributed by atoms with E-state index in [-0.39, 0.29) is 0 Å². The summed E-state index contributed by atoms with van der Waals surface area (Å²) in [5.74, 6) is 0. The summed E-state index contributed by atoms with van der Waals surface area (Å²) in [5, 5.41) is 2.40. The highest BCUT2D eigenvalue weighted by Crippen LogP contribution is 2.18. The van der Waals surface area contributed by atoms with E-state index in [9.17, 15) is 0 Å². The van der Waals surface area contributed by atoms with Crippen LogP contribution in [0.3, 0.4) is 0 Å². The third kappa shape index (κ3) is 6.83. The molecule has 2 heteroatoms. The molecule has 1 aromatic heterocycles. The molecule has 0 saturated carbocycles. The molecule has 0 fully saturated rings. The van der Waals surface area contributed by atoms with Gasteiger partial charge in [-0.1, -0.05) is 81.8 Å². The fourth-order valence-electron chi connectivity index (χ4n) is 2.97. The van der Waals surface area contributed by atoms with E-state index in [0.29, 0.717) is 6.04 Å². The number of nitrogens with two attached hydrogens (primary N) is 1. The Morgan fingerprint density at radius 3 is 1.88 bits per heavy atom. The SMILES string of the molecule is CCCCCCCCC(C)N.c1ccc2nc3ccccc3cc2c1. The molecular weight excluding hydrogens is 304 g/mol. The van der Waals surface area contributed by atoms with Crippen molar-refractivity contribution in [1.82, 2.24) is 4.98 Å². The van der Waals surface area contributed by atoms with E-state index in [1.165, 1.54) is 55.7 Å². The number of unbranched alkanes of at least 4 members (excludes halogenated alkanes) is 5. The lowest BCUT2D eigenvalue weighted by atomic mass is 10.1. The Morgan fingerprint density at radius 2 is 1.32 bits per heavy atom. The molecule has 3 rings (SSSR count). The van der Waals surface area contributed by atoms with Gasteiger partial charge in [0.25, 0.3) is 0 Å². The molecule has 25 heavy (non-hydrogen) atoms. The third-order valence-electron chi connectivity index (χ3n) is 4.44. The summed E-state index contributed by atoms with van der Waals surface area (Å²) in [5.41, 5.74) is 7.76. The maximum atomic E-state index is 5.63. The molecule has 0 amide bonds. The second-order valence-corrected chi connectivity index (χ2v) is 6.91. The Hall–Kier alpha value is -1.93. The first-order valence-electron chi connectivity index (χ1n) is 9.71. The van der Waals surface area contributed by atoms with Crippen molar-refractivity contribution >= 4 is 21.8 Å². The standard InChI is InChI=1S/C13H9N.C10H23N/c1-3-7-12-10(5-1)9-11-6-2-4-8-13(11)14-12;1-3-4-5-6-7-8-9-10(2)11/h1-9H;10H,3-9,11H2,1-2H3. The van der Waals surface area contributed by atoms with Crippen LogP contribution in [0.4, 0.5) is 0 Å². The van der Waals surface area contributed by atoms with Crippen LogP contribution in [0.25, 0.3) is 21.8 Å². The number of benzene rings is 2. The molecule has 3 aromatic rings. The lowest BCUT2D eigenvalue weighted by molar-refractivity contribution is 0.554. The number of hydrogen-bond donors (Lipinski definition) is 1. The van der Waals surface area contributed by atoms with Crippen LogP contribution in [0.15, 0.2) is 54.6 Å². The van der Waals surface area contributed by atoms with Crippen LogP contribution < -0.4 is 5.73 Å². The zero-order valence-electron chi connectivity index (χ0n) is 15.7. The van der Waals surface area contributed by atoms with Crippen molar-refractivity contribution in [2.24, 2.45) is 5.73 Å². The van der Waals surface area contributed by atoms with E-state index in [2.05, 4.69) is 37.0 Å². The number of aromatic nitrogens is 1. The summed E-state index contributed by atoms with van der Waals surface area (Å²) in [7, 11) is 0. The first-order valence-corrected chi connectivity index (χ1v) is 9.71. The first kappa shape index (κ1) is 19.4. The second kappa shape index (κ2) is 10.8. The molecule has 2 N–H and O–H groups in total. The summed E-state index contributed by atoms with van der Waals surface area (Å²) in [6.07, 6.45) is 9.45. The van der Waals surface area contributed by atoms with Crippen LogP contribution in [-0.2, 0) is 0 Å². The molecule has 0 saturated heterocycles. The summed E-state index contributed by atoms with van der Waals surface area (Å²) in [6, 6.07) is 19.0. The molecule has 0 aliphatic rings. The minimum atomic E-state index is 0.404. The van der Waals surface area contributed by atoms with Crippen molar-refractivity contribution in [2.45, 2.75) is 64.8 Å². The lowest BCUT2D eigenvalue weighted by Gasteiger charge is -2.03. The van der Waals surface area contributed by atoms with Gasteiger partial charge < -0.3 is 5.73 Å². The number of rotatable bonds is 7. The van der Waals surface area contributed by atoms with Gasteiger partial charge in [-0.25, -0.2) is 4.98 Å². The zero-order chi connectivity index (χ0) is 17.9. The topological polar surface area (TPSA) is 38.9 Å². The molecule has 0 radical (unpaired) electrons. The lowest BCUT2D eigenvalue weighted by Crippen LogP contribution is -2.13. The van der Waals surface area contributed by atoms with Crippen molar-refractivity contribution in [2.75, 3.05) is 0 Å². The highest BCUT2D eigenvalue weighted by atomic mass is 14.7. The normalized spacial score (nSPS) is 12.0. The van der Waals surface area contributed by atoms with E-state index in [1.807, 2.05) is 36.4 Å². The number of fused-ring (bicyclic) bond motifs is 2. The van der Waals surface area contributed by atoms with Crippen molar-refractivity contribution in [3.63, 3.8) is 0 Å². The summed E-state index contributed by atoms with van der Waals surface area (Å²) in [6.45, 7) is 4.34. The van der Waals surface area contributed by atoms with Crippen molar-refractivity contribution in [3.8, 4) is 0 Å². The molecule has 1 heterocycles. The van der Waals surface area contributed by atoms with Crippen LogP contribution in [0, 0.1) is 0 Å². The van der Waals surface area contributed by atoms with Crippen molar-refractivity contribution in [3.05, 3.63) is 54.6 Å². The first-order chi connectivity index (χ1) is 12.2. The zero-order valence-corrected chi connectivity index (χ0v) is 15.7. The molecule has 1 unspecified atom stereocenters. The second-order valence-electron chi connectivity index (χ2n) is 6.91. The van der Waals surface area contributed by atoms with E-state index in [4.69, 9.17) is 5.73 Å². The van der Waals surface area contributed by atoms with Crippen LogP contribution >= 0.6 is 0 Å². The quantitative estimate of drug-likeness (QED) is 0.396. The van der Waals surface area contributed by atoms with E-state index < -0.39 is 0 Å². The van der Waals surface area contributed by atoms with Gasteiger partial charge in [0.1, 0.15) is 0 Å². The average molecular weight is 337 g/mol. The maximum Gasteiger partial charge on any atom is 0.0709 e. The van der Waals surface area contributed by atoms with Crippen molar-refractivity contribution in [1.29, 1.82) is 0 Å². The minimum absolute atomic E-state index is 0.404. The van der Waals surface area contributed by atoms with Crippen LogP contribution in [0.5, 0.6) is 0 Å². The Morgan fingerprint density at radius 1 is 0.800 bits per heavy atom. The smallest absolute Gasteiger partial charge is 0.0709 e. The van der Waals surface area contributed by atoms with Gasteiger partial charge in [0.2, 0.25) is 0 Å². The van der Waals surface area contributed by atoms with Gasteiger partial charge in [0.05, 0.1) is 11.0 Å². The van der Waals surface area contributed by atoms with Gasteiger partial charge in [0.15, 0.2) is 0 Å². The van der Waals surface area contributed by atoms with Crippen LogP contribution in [0.2, 0.25) is 0 Å². The van der Waals surface area contributed by atoms with E-state index in [1.54, 1.807) is 0 Å². The molecule has 1 atom stereocenters. The van der Waals surface area contributed by atoms with E-state index in [0.717, 1.165) is 11.0 Å². The van der Waals surface area contributed by atoms with Crippen molar-refractivity contribution < 1.29 is 0 Å². The Balaban J connectivity index is 0.000000188. The molecule has 0 aliphatic carbocycles. The fourth-order valence-corrected chi connectivity index (χ4v) is 2.97.